The highest BCUT2D eigenvalue weighted by Crippen LogP contribution is 2.30. The molecule has 3 aromatic heterocycles. The van der Waals surface area contributed by atoms with E-state index in [9.17, 15) is 5.26 Å². The zero-order chi connectivity index (χ0) is 21.3. The summed E-state index contributed by atoms with van der Waals surface area (Å²) in [6, 6.07) is 9.44. The molecule has 0 unspecified atom stereocenters. The predicted molar refractivity (Wildman–Crippen MR) is 117 cm³/mol. The Morgan fingerprint density at radius 2 is 1.93 bits per heavy atom. The summed E-state index contributed by atoms with van der Waals surface area (Å²) in [5, 5.41) is 10.3. The molecule has 3 aromatic rings. The van der Waals surface area contributed by atoms with Crippen LogP contribution in [0.25, 0.3) is 11.6 Å². The highest BCUT2D eigenvalue weighted by atomic mass is 35.5. The Balaban J connectivity index is 1.79. The number of hydrogen-bond acceptors (Lipinski definition) is 6. The van der Waals surface area contributed by atoms with Gasteiger partial charge in [0.25, 0.3) is 5.88 Å². The molecule has 8 heteroatoms. The van der Waals surface area contributed by atoms with Crippen molar-refractivity contribution in [3.05, 3.63) is 75.9 Å². The zero-order valence-corrected chi connectivity index (χ0v) is 17.7. The van der Waals surface area contributed by atoms with E-state index in [1.54, 1.807) is 24.4 Å². The lowest BCUT2D eigenvalue weighted by molar-refractivity contribution is 0.277. The van der Waals surface area contributed by atoms with Crippen LogP contribution >= 0.6 is 23.2 Å². The van der Waals surface area contributed by atoms with Crippen molar-refractivity contribution in [2.45, 2.75) is 12.8 Å². The van der Waals surface area contributed by atoms with E-state index in [1.807, 2.05) is 18.3 Å². The van der Waals surface area contributed by atoms with Crippen LogP contribution in [-0.4, -0.2) is 28.7 Å². The first kappa shape index (κ1) is 21.6. The number of rotatable bonds is 8. The number of pyridine rings is 3. The Labute approximate surface area is 184 Å². The van der Waals surface area contributed by atoms with Crippen molar-refractivity contribution >= 4 is 34.9 Å². The Bertz CT molecular complexity index is 1060. The largest absolute Gasteiger partial charge is 0.491 e. The fourth-order valence-electron chi connectivity index (χ4n) is 2.69. The molecule has 0 amide bonds. The van der Waals surface area contributed by atoms with E-state index in [1.165, 1.54) is 19.5 Å². The average Bonchev–Trinajstić information content (AvgIpc) is 2.77. The van der Waals surface area contributed by atoms with E-state index in [0.717, 1.165) is 18.4 Å². The second-order valence-corrected chi connectivity index (χ2v) is 7.02. The monoisotopic (exact) mass is 440 g/mol. The van der Waals surface area contributed by atoms with Gasteiger partial charge >= 0.3 is 0 Å². The fraction of sp³-hybridized carbons (Fsp3) is 0.182. The fourth-order valence-corrected chi connectivity index (χ4v) is 3.17. The topological polar surface area (TPSA) is 80.9 Å². The second kappa shape index (κ2) is 10.6. The summed E-state index contributed by atoms with van der Waals surface area (Å²) >= 11 is 12.3. The molecule has 6 nitrogen and oxygen atoms in total. The normalized spacial score (nSPS) is 11.1. The molecule has 30 heavy (non-hydrogen) atoms. The second-order valence-electron chi connectivity index (χ2n) is 6.20. The molecule has 0 saturated carbocycles. The van der Waals surface area contributed by atoms with Crippen LogP contribution in [0.15, 0.2) is 49.1 Å². The first-order valence-corrected chi connectivity index (χ1v) is 9.86. The summed E-state index contributed by atoms with van der Waals surface area (Å²) in [4.78, 5) is 12.5. The van der Waals surface area contributed by atoms with Crippen molar-refractivity contribution in [2.75, 3.05) is 13.7 Å². The molecule has 3 heterocycles. The summed E-state index contributed by atoms with van der Waals surface area (Å²) in [7, 11) is 1.54. The van der Waals surface area contributed by atoms with Crippen LogP contribution in [0.2, 0.25) is 10.0 Å². The SMILES string of the molecule is COc1ccc(C(C#N)=Cc2c(Cl)cncc2Cl)nc1OCCCc1cccnc1. The average molecular weight is 441 g/mol. The van der Waals surface area contributed by atoms with Gasteiger partial charge < -0.3 is 9.47 Å². The first-order valence-electron chi connectivity index (χ1n) is 9.10. The molecule has 0 aliphatic rings. The molecule has 0 aromatic carbocycles. The minimum absolute atomic E-state index is 0.285. The number of ether oxygens (including phenoxy) is 2. The highest BCUT2D eigenvalue weighted by molar-refractivity contribution is 6.37. The van der Waals surface area contributed by atoms with Gasteiger partial charge in [-0.15, -0.1) is 0 Å². The van der Waals surface area contributed by atoms with Gasteiger partial charge in [-0.25, -0.2) is 4.98 Å². The van der Waals surface area contributed by atoms with Crippen molar-refractivity contribution in [3.8, 4) is 17.7 Å². The lowest BCUT2D eigenvalue weighted by Gasteiger charge is -2.11. The van der Waals surface area contributed by atoms with Crippen molar-refractivity contribution in [1.29, 1.82) is 5.26 Å². The molecular weight excluding hydrogens is 423 g/mol. The molecule has 0 bridgehead atoms. The third-order valence-corrected chi connectivity index (χ3v) is 4.79. The van der Waals surface area contributed by atoms with E-state index >= 15 is 0 Å². The van der Waals surface area contributed by atoms with Crippen LogP contribution in [0.5, 0.6) is 11.6 Å². The maximum Gasteiger partial charge on any atom is 0.257 e. The maximum absolute atomic E-state index is 9.64. The van der Waals surface area contributed by atoms with E-state index < -0.39 is 0 Å². The van der Waals surface area contributed by atoms with Crippen LogP contribution in [0.4, 0.5) is 0 Å². The summed E-state index contributed by atoms with van der Waals surface area (Å²) < 4.78 is 11.2. The van der Waals surface area contributed by atoms with Crippen LogP contribution < -0.4 is 9.47 Å². The number of aromatic nitrogens is 3. The molecule has 3 rings (SSSR count). The molecule has 0 fully saturated rings. The summed E-state index contributed by atoms with van der Waals surface area (Å²) in [6.07, 6.45) is 9.69. The van der Waals surface area contributed by atoms with Crippen molar-refractivity contribution in [2.24, 2.45) is 0 Å². The van der Waals surface area contributed by atoms with Gasteiger partial charge in [-0.05, 0) is 42.7 Å². The van der Waals surface area contributed by atoms with Gasteiger partial charge in [0.1, 0.15) is 6.07 Å². The molecule has 0 atom stereocenters. The summed E-state index contributed by atoms with van der Waals surface area (Å²) in [5.41, 5.74) is 2.34. The Hall–Kier alpha value is -3.14. The molecule has 0 radical (unpaired) electrons. The standard InChI is InChI=1S/C22H18Cl2N4O2/c1-29-21-7-6-20(16(11-25)10-17-18(23)13-27-14-19(17)24)28-22(21)30-9-3-5-15-4-2-8-26-12-15/h2,4,6-8,10,12-14H,3,5,9H2,1H3. The zero-order valence-electron chi connectivity index (χ0n) is 16.2. The molecule has 0 aliphatic carbocycles. The minimum Gasteiger partial charge on any atom is -0.491 e. The summed E-state index contributed by atoms with van der Waals surface area (Å²) in [6.45, 7) is 0.440. The van der Waals surface area contributed by atoms with Crippen LogP contribution in [-0.2, 0) is 6.42 Å². The lowest BCUT2D eigenvalue weighted by Crippen LogP contribution is -2.04. The number of nitrogens with zero attached hydrogens (tertiary/aromatic N) is 4. The van der Waals surface area contributed by atoms with Crippen molar-refractivity contribution in [3.63, 3.8) is 0 Å². The number of hydrogen-bond donors (Lipinski definition) is 0. The van der Waals surface area contributed by atoms with E-state index in [0.29, 0.717) is 39.5 Å². The number of aryl methyl sites for hydroxylation is 1. The number of nitriles is 1. The van der Waals surface area contributed by atoms with Crippen molar-refractivity contribution < 1.29 is 9.47 Å². The maximum atomic E-state index is 9.64. The Morgan fingerprint density at radius 1 is 1.13 bits per heavy atom. The Kier molecular flexibility index (Phi) is 7.61. The van der Waals surface area contributed by atoms with Crippen LogP contribution in [0, 0.1) is 11.3 Å². The highest BCUT2D eigenvalue weighted by Gasteiger charge is 2.13. The third kappa shape index (κ3) is 5.47. The molecule has 0 saturated heterocycles. The van der Waals surface area contributed by atoms with E-state index in [2.05, 4.69) is 21.0 Å². The van der Waals surface area contributed by atoms with Crippen molar-refractivity contribution in [1.82, 2.24) is 15.0 Å². The summed E-state index contributed by atoms with van der Waals surface area (Å²) in [5.74, 6) is 0.798. The van der Waals surface area contributed by atoms with E-state index in [-0.39, 0.29) is 5.57 Å². The molecule has 0 aliphatic heterocycles. The van der Waals surface area contributed by atoms with Gasteiger partial charge in [-0.2, -0.15) is 5.26 Å². The first-order chi connectivity index (χ1) is 14.6. The number of methoxy groups -OCH3 is 1. The van der Waals surface area contributed by atoms with Gasteiger partial charge in [-0.3, -0.25) is 9.97 Å². The quantitative estimate of drug-likeness (QED) is 0.350. The lowest BCUT2D eigenvalue weighted by atomic mass is 10.1. The van der Waals surface area contributed by atoms with Gasteiger partial charge in [0, 0.05) is 30.4 Å². The van der Waals surface area contributed by atoms with E-state index in [4.69, 9.17) is 32.7 Å². The molecule has 152 valence electrons. The molecular formula is C22H18Cl2N4O2. The van der Waals surface area contributed by atoms with Gasteiger partial charge in [0.15, 0.2) is 5.75 Å². The van der Waals surface area contributed by atoms with Gasteiger partial charge in [0.05, 0.1) is 35.0 Å². The molecule has 0 N–H and O–H groups in total. The van der Waals surface area contributed by atoms with Crippen LogP contribution in [0.1, 0.15) is 23.2 Å². The third-order valence-electron chi connectivity index (χ3n) is 4.19. The Morgan fingerprint density at radius 3 is 2.60 bits per heavy atom. The van der Waals surface area contributed by atoms with Gasteiger partial charge in [0.2, 0.25) is 0 Å². The van der Waals surface area contributed by atoms with Gasteiger partial charge in [-0.1, -0.05) is 29.3 Å². The van der Waals surface area contributed by atoms with Crippen LogP contribution in [0.3, 0.4) is 0 Å². The smallest absolute Gasteiger partial charge is 0.257 e. The predicted octanol–water partition coefficient (Wildman–Crippen LogP) is 5.26. The minimum atomic E-state index is 0.285. The number of allylic oxidation sites excluding steroid dienone is 1. The molecule has 0 spiro atoms. The number of halogens is 2.